The largest absolute Gasteiger partial charge is 0.453 e. The molecule has 7 atom stereocenters. The van der Waals surface area contributed by atoms with Gasteiger partial charge in [-0.15, -0.1) is 0 Å². The van der Waals surface area contributed by atoms with Gasteiger partial charge in [0.2, 0.25) is 17.7 Å². The molecule has 0 spiro atoms. The smallest absolute Gasteiger partial charge is 0.407 e. The number of benzene rings is 2. The number of aromatic amines is 2. The standard InChI is InChI=1S/C41H48N8O5/c1-22(2)35(46-41(53)54-4)40(52)48-18-5-6-32(48)36-42-20-30(44-36)26-11-7-24(8-12-26)25-9-13-27(14-10-25)31-21-43-37(45-31)33-28-15-16-29(28)34(33)38(50)47-49-19-17-23(3)39(49)51/h7-14,20-23,28-29,32-35H,5-6,15-19H2,1-4H3,(H,42,44)(H,43,45)(H,46,53)(H,47,50)/t23-,28+,29?,32+,33-,34-,35+/m1/s1. The van der Waals surface area contributed by atoms with E-state index in [0.717, 1.165) is 77.4 Å². The maximum Gasteiger partial charge on any atom is 0.407 e. The van der Waals surface area contributed by atoms with E-state index in [-0.39, 0.29) is 47.4 Å². The number of carbonyl (C=O) groups is 4. The highest BCUT2D eigenvalue weighted by Gasteiger charge is 2.60. The number of H-pyrrole nitrogens is 2. The lowest BCUT2D eigenvalue weighted by Gasteiger charge is -2.57. The summed E-state index contributed by atoms with van der Waals surface area (Å²) in [4.78, 5) is 69.4. The molecule has 2 saturated heterocycles. The molecular formula is C41H48N8O5. The third kappa shape index (κ3) is 6.43. The zero-order chi connectivity index (χ0) is 37.7. The monoisotopic (exact) mass is 732 g/mol. The molecule has 8 rings (SSSR count). The van der Waals surface area contributed by atoms with Gasteiger partial charge in [0.1, 0.15) is 17.7 Å². The van der Waals surface area contributed by atoms with Gasteiger partial charge in [0.15, 0.2) is 0 Å². The highest BCUT2D eigenvalue weighted by molar-refractivity contribution is 5.87. The second-order valence-electron chi connectivity index (χ2n) is 15.7. The van der Waals surface area contributed by atoms with Gasteiger partial charge in [-0.25, -0.2) is 14.8 Å². The summed E-state index contributed by atoms with van der Waals surface area (Å²) in [5.41, 5.74) is 8.86. The molecule has 2 aromatic carbocycles. The first-order valence-corrected chi connectivity index (χ1v) is 19.2. The lowest BCUT2D eigenvalue weighted by atomic mass is 9.46. The Labute approximate surface area is 314 Å². The fourth-order valence-corrected chi connectivity index (χ4v) is 8.88. The third-order valence-electron chi connectivity index (χ3n) is 12.2. The van der Waals surface area contributed by atoms with Gasteiger partial charge in [0.25, 0.3) is 0 Å². The lowest BCUT2D eigenvalue weighted by Crippen LogP contribution is -2.60. The van der Waals surface area contributed by atoms with Gasteiger partial charge in [-0.2, -0.15) is 0 Å². The van der Waals surface area contributed by atoms with Crippen LogP contribution < -0.4 is 10.7 Å². The van der Waals surface area contributed by atoms with Crippen molar-refractivity contribution in [2.24, 2.45) is 29.6 Å². The van der Waals surface area contributed by atoms with Crippen molar-refractivity contribution in [3.05, 3.63) is 72.6 Å². The van der Waals surface area contributed by atoms with Crippen LogP contribution in [0.5, 0.6) is 0 Å². The summed E-state index contributed by atoms with van der Waals surface area (Å²) >= 11 is 0. The van der Waals surface area contributed by atoms with Gasteiger partial charge in [-0.05, 0) is 72.1 Å². The topological polar surface area (TPSA) is 165 Å². The van der Waals surface area contributed by atoms with Crippen LogP contribution in [0.25, 0.3) is 33.6 Å². The van der Waals surface area contributed by atoms with Crippen molar-refractivity contribution < 1.29 is 23.9 Å². The Kier molecular flexibility index (Phi) is 9.49. The Hall–Kier alpha value is -5.46. The molecule has 4 heterocycles. The SMILES string of the molecule is COC(=O)N[C@H](C(=O)N1CCC[C@H]1c1ncc(-c2ccc(-c3ccc(-c4cnc([C@H]5[C@H](C(=O)NN6CC[C@@H](C)C6=O)C6CC[C@@H]65)[nH]4)cc3)cc2)[nH]1)C(C)C. The third-order valence-corrected chi connectivity index (χ3v) is 12.2. The number of aromatic nitrogens is 4. The first kappa shape index (κ1) is 35.6. The molecule has 4 amide bonds. The number of methoxy groups -OCH3 is 1. The summed E-state index contributed by atoms with van der Waals surface area (Å²) in [6, 6.07) is 15.8. The maximum atomic E-state index is 13.5. The number of rotatable bonds is 10. The molecule has 2 aliphatic carbocycles. The minimum atomic E-state index is -0.681. The van der Waals surface area contributed by atoms with Crippen LogP contribution in [0.3, 0.4) is 0 Å². The number of imidazole rings is 2. The lowest BCUT2D eigenvalue weighted by molar-refractivity contribution is -0.154. The van der Waals surface area contributed by atoms with Crippen molar-refractivity contribution in [2.45, 2.75) is 70.9 Å². The van der Waals surface area contributed by atoms with Gasteiger partial charge in [0, 0.05) is 24.9 Å². The van der Waals surface area contributed by atoms with Crippen LogP contribution in [0.4, 0.5) is 4.79 Å². The van der Waals surface area contributed by atoms with Crippen molar-refractivity contribution in [1.29, 1.82) is 0 Å². The molecule has 4 N–H and O–H groups in total. The molecule has 13 heteroatoms. The molecule has 0 radical (unpaired) electrons. The summed E-state index contributed by atoms with van der Waals surface area (Å²) in [6.45, 7) is 6.88. The van der Waals surface area contributed by atoms with E-state index < -0.39 is 12.1 Å². The predicted octanol–water partition coefficient (Wildman–Crippen LogP) is 5.82. The summed E-state index contributed by atoms with van der Waals surface area (Å²) in [7, 11) is 1.29. The quantitative estimate of drug-likeness (QED) is 0.160. The second-order valence-corrected chi connectivity index (χ2v) is 15.7. The van der Waals surface area contributed by atoms with E-state index in [1.54, 1.807) is 0 Å². The summed E-state index contributed by atoms with van der Waals surface area (Å²) < 4.78 is 4.75. The number of ether oxygens (including phenoxy) is 1. The average molecular weight is 733 g/mol. The van der Waals surface area contributed by atoms with E-state index >= 15 is 0 Å². The van der Waals surface area contributed by atoms with E-state index in [4.69, 9.17) is 9.72 Å². The molecule has 1 unspecified atom stereocenters. The van der Waals surface area contributed by atoms with E-state index in [0.29, 0.717) is 24.9 Å². The Morgan fingerprint density at radius 3 is 1.96 bits per heavy atom. The number of alkyl carbamates (subject to hydrolysis) is 1. The van der Waals surface area contributed by atoms with Crippen LogP contribution >= 0.6 is 0 Å². The van der Waals surface area contributed by atoms with Crippen molar-refractivity contribution in [3.63, 3.8) is 0 Å². The molecule has 2 aromatic heterocycles. The summed E-state index contributed by atoms with van der Waals surface area (Å²) in [5.74, 6) is 1.88. The molecule has 4 aliphatic rings. The predicted molar refractivity (Wildman–Crippen MR) is 201 cm³/mol. The molecule has 2 aliphatic heterocycles. The fraction of sp³-hybridized carbons (Fsp3) is 0.463. The Bertz CT molecular complexity index is 2040. The molecule has 4 aromatic rings. The number of hydrogen-bond acceptors (Lipinski definition) is 7. The Morgan fingerprint density at radius 1 is 0.815 bits per heavy atom. The summed E-state index contributed by atoms with van der Waals surface area (Å²) in [5, 5.41) is 4.20. The van der Waals surface area contributed by atoms with Crippen molar-refractivity contribution in [1.82, 2.24) is 40.6 Å². The highest BCUT2D eigenvalue weighted by atomic mass is 16.5. The zero-order valence-electron chi connectivity index (χ0n) is 31.2. The van der Waals surface area contributed by atoms with Crippen molar-refractivity contribution >= 4 is 23.8 Å². The first-order valence-electron chi connectivity index (χ1n) is 19.2. The number of fused-ring (bicyclic) bond motifs is 1. The first-order chi connectivity index (χ1) is 26.1. The van der Waals surface area contributed by atoms with Crippen LogP contribution in [0.15, 0.2) is 60.9 Å². The van der Waals surface area contributed by atoms with Crippen LogP contribution in [-0.2, 0) is 19.1 Å². The minimum absolute atomic E-state index is 0.00785. The van der Waals surface area contributed by atoms with Gasteiger partial charge >= 0.3 is 6.09 Å². The van der Waals surface area contributed by atoms with Crippen LogP contribution in [0, 0.1) is 29.6 Å². The Morgan fingerprint density at radius 2 is 1.41 bits per heavy atom. The normalized spacial score (nSPS) is 25.2. The number of nitrogens with one attached hydrogen (secondary N) is 4. The maximum absolute atomic E-state index is 13.5. The van der Waals surface area contributed by atoms with E-state index in [9.17, 15) is 19.2 Å². The highest BCUT2D eigenvalue weighted by Crippen LogP contribution is 2.62. The molecule has 0 bridgehead atoms. The van der Waals surface area contributed by atoms with Crippen LogP contribution in [0.1, 0.15) is 76.5 Å². The van der Waals surface area contributed by atoms with E-state index in [1.165, 1.54) is 12.1 Å². The molecule has 282 valence electrons. The molecule has 13 nitrogen and oxygen atoms in total. The number of hydrogen-bond donors (Lipinski definition) is 4. The molecule has 2 saturated carbocycles. The molecule has 4 fully saturated rings. The second kappa shape index (κ2) is 14.4. The number of likely N-dealkylation sites (tertiary alicyclic amines) is 1. The number of amides is 4. The van der Waals surface area contributed by atoms with E-state index in [2.05, 4.69) is 74.2 Å². The van der Waals surface area contributed by atoms with Crippen LogP contribution in [0.2, 0.25) is 0 Å². The molecular weight excluding hydrogens is 685 g/mol. The van der Waals surface area contributed by atoms with E-state index in [1.807, 2.05) is 38.1 Å². The number of nitrogens with zero attached hydrogens (tertiary/aromatic N) is 4. The van der Waals surface area contributed by atoms with Crippen molar-refractivity contribution in [3.8, 4) is 33.6 Å². The molecule has 54 heavy (non-hydrogen) atoms. The Balaban J connectivity index is 0.912. The van der Waals surface area contributed by atoms with Crippen molar-refractivity contribution in [2.75, 3.05) is 20.2 Å². The van der Waals surface area contributed by atoms with Gasteiger partial charge in [-0.1, -0.05) is 69.3 Å². The number of hydrazine groups is 1. The van der Waals surface area contributed by atoms with Gasteiger partial charge in [-0.3, -0.25) is 24.8 Å². The zero-order valence-corrected chi connectivity index (χ0v) is 31.2. The van der Waals surface area contributed by atoms with Crippen LogP contribution in [-0.4, -0.2) is 79.9 Å². The van der Waals surface area contributed by atoms with Gasteiger partial charge < -0.3 is 24.9 Å². The fourth-order valence-electron chi connectivity index (χ4n) is 8.88. The summed E-state index contributed by atoms with van der Waals surface area (Å²) in [6.07, 6.45) is 7.59. The minimum Gasteiger partial charge on any atom is -0.453 e. The van der Waals surface area contributed by atoms with Gasteiger partial charge in [0.05, 0.1) is 42.9 Å². The number of carbonyl (C=O) groups excluding carboxylic acids is 4. The average Bonchev–Trinajstić information content (AvgIpc) is 4.00.